The lowest BCUT2D eigenvalue weighted by atomic mass is 10.0. The van der Waals surface area contributed by atoms with E-state index in [1.54, 1.807) is 32.9 Å². The van der Waals surface area contributed by atoms with Crippen LogP contribution in [0.2, 0.25) is 0 Å². The molecule has 0 spiro atoms. The molecule has 0 atom stereocenters. The molecule has 2 rings (SSSR count). The third-order valence-electron chi connectivity index (χ3n) is 4.09. The fraction of sp³-hybridized carbons (Fsp3) is 0.364. The number of hydrogen-bond donors (Lipinski definition) is 2. The largest absolute Gasteiger partial charge is 0.459 e. The van der Waals surface area contributed by atoms with Crippen LogP contribution in [0, 0.1) is 0 Å². The van der Waals surface area contributed by atoms with Gasteiger partial charge in [0.25, 0.3) is 5.91 Å². The molecule has 0 aliphatic carbocycles. The molecular formula is C22H28N2O5S. The van der Waals surface area contributed by atoms with E-state index < -0.39 is 28.1 Å². The molecule has 0 saturated carbocycles. The van der Waals surface area contributed by atoms with Gasteiger partial charge in [0.15, 0.2) is 0 Å². The maximum atomic E-state index is 12.4. The monoisotopic (exact) mass is 432 g/mol. The molecular weight excluding hydrogens is 404 g/mol. The van der Waals surface area contributed by atoms with Gasteiger partial charge in [-0.2, -0.15) is 4.72 Å². The number of benzene rings is 2. The van der Waals surface area contributed by atoms with Gasteiger partial charge >= 0.3 is 5.97 Å². The number of carbonyl (C=O) groups excluding carboxylic acids is 2. The summed E-state index contributed by atoms with van der Waals surface area (Å²) in [4.78, 5) is 24.1. The van der Waals surface area contributed by atoms with Crippen molar-refractivity contribution in [2.24, 2.45) is 0 Å². The minimum atomic E-state index is -3.88. The van der Waals surface area contributed by atoms with Gasteiger partial charge in [-0.15, -0.1) is 0 Å². The minimum Gasteiger partial charge on any atom is -0.459 e. The van der Waals surface area contributed by atoms with E-state index in [0.717, 1.165) is 5.56 Å². The van der Waals surface area contributed by atoms with E-state index in [1.807, 2.05) is 12.1 Å². The molecule has 0 aliphatic heterocycles. The third kappa shape index (κ3) is 6.96. The number of carbonyl (C=O) groups is 2. The SMILES string of the molecule is CC(C)c1ccc(C(=O)Nc2ccc(S(=O)(=O)NCC(=O)OC(C)(C)C)cc2)cc1. The molecule has 0 aromatic heterocycles. The molecule has 0 aliphatic rings. The molecule has 0 fully saturated rings. The highest BCUT2D eigenvalue weighted by atomic mass is 32.2. The second kappa shape index (κ2) is 9.40. The zero-order valence-corrected chi connectivity index (χ0v) is 18.7. The quantitative estimate of drug-likeness (QED) is 0.650. The predicted octanol–water partition coefficient (Wildman–Crippen LogP) is 3.68. The lowest BCUT2D eigenvalue weighted by Crippen LogP contribution is -2.34. The lowest BCUT2D eigenvalue weighted by Gasteiger charge is -2.19. The van der Waals surface area contributed by atoms with Crippen LogP contribution in [0.5, 0.6) is 0 Å². The Balaban J connectivity index is 1.99. The Morgan fingerprint density at radius 2 is 1.53 bits per heavy atom. The highest BCUT2D eigenvalue weighted by molar-refractivity contribution is 7.89. The number of esters is 1. The van der Waals surface area contributed by atoms with Crippen molar-refractivity contribution in [3.8, 4) is 0 Å². The van der Waals surface area contributed by atoms with Crippen molar-refractivity contribution >= 4 is 27.6 Å². The number of amides is 1. The molecule has 0 saturated heterocycles. The number of rotatable bonds is 7. The van der Waals surface area contributed by atoms with Gasteiger partial charge in [0.1, 0.15) is 12.1 Å². The molecule has 0 unspecified atom stereocenters. The number of ether oxygens (including phenoxy) is 1. The second-order valence-corrected chi connectivity index (χ2v) is 9.93. The van der Waals surface area contributed by atoms with Crippen molar-refractivity contribution in [3.63, 3.8) is 0 Å². The summed E-state index contributed by atoms with van der Waals surface area (Å²) in [6.07, 6.45) is 0. The molecule has 0 bridgehead atoms. The Hall–Kier alpha value is -2.71. The van der Waals surface area contributed by atoms with Crippen LogP contribution in [0.3, 0.4) is 0 Å². The van der Waals surface area contributed by atoms with Crippen LogP contribution in [-0.2, 0) is 19.6 Å². The molecule has 0 radical (unpaired) electrons. The molecule has 1 amide bonds. The van der Waals surface area contributed by atoms with Gasteiger partial charge in [0, 0.05) is 11.3 Å². The third-order valence-corrected chi connectivity index (χ3v) is 5.51. The van der Waals surface area contributed by atoms with Gasteiger partial charge in [-0.25, -0.2) is 8.42 Å². The van der Waals surface area contributed by atoms with E-state index in [2.05, 4.69) is 23.9 Å². The Morgan fingerprint density at radius 1 is 0.967 bits per heavy atom. The highest BCUT2D eigenvalue weighted by Gasteiger charge is 2.20. The summed E-state index contributed by atoms with van der Waals surface area (Å²) in [5.74, 6) is -0.581. The summed E-state index contributed by atoms with van der Waals surface area (Å²) in [6.45, 7) is 8.78. The zero-order valence-electron chi connectivity index (χ0n) is 17.9. The average molecular weight is 433 g/mol. The van der Waals surface area contributed by atoms with Gasteiger partial charge in [0.05, 0.1) is 4.90 Å². The van der Waals surface area contributed by atoms with Gasteiger partial charge in [0.2, 0.25) is 10.0 Å². The Morgan fingerprint density at radius 3 is 2.03 bits per heavy atom. The van der Waals surface area contributed by atoms with Gasteiger partial charge in [-0.3, -0.25) is 9.59 Å². The molecule has 2 aromatic rings. The number of anilines is 1. The zero-order chi connectivity index (χ0) is 22.5. The smallest absolute Gasteiger partial charge is 0.321 e. The maximum Gasteiger partial charge on any atom is 0.321 e. The fourth-order valence-corrected chi connectivity index (χ4v) is 3.52. The molecule has 8 heteroatoms. The standard InChI is InChI=1S/C22H28N2O5S/c1-15(2)16-6-8-17(9-7-16)21(26)24-18-10-12-19(13-11-18)30(27,28)23-14-20(25)29-22(3,4)5/h6-13,15,23H,14H2,1-5H3,(H,24,26). The van der Waals surface area contributed by atoms with E-state index >= 15 is 0 Å². The van der Waals surface area contributed by atoms with Crippen molar-refractivity contribution in [1.82, 2.24) is 4.72 Å². The highest BCUT2D eigenvalue weighted by Crippen LogP contribution is 2.17. The van der Waals surface area contributed by atoms with Gasteiger partial charge in [-0.1, -0.05) is 26.0 Å². The van der Waals surface area contributed by atoms with E-state index in [0.29, 0.717) is 17.2 Å². The van der Waals surface area contributed by atoms with E-state index in [4.69, 9.17) is 4.74 Å². The van der Waals surface area contributed by atoms with Crippen molar-refractivity contribution < 1.29 is 22.7 Å². The molecule has 0 heterocycles. The van der Waals surface area contributed by atoms with Crippen LogP contribution in [0.1, 0.15) is 56.5 Å². The summed E-state index contributed by atoms with van der Waals surface area (Å²) in [7, 11) is -3.88. The summed E-state index contributed by atoms with van der Waals surface area (Å²) in [5, 5.41) is 2.73. The molecule has 2 N–H and O–H groups in total. The maximum absolute atomic E-state index is 12.4. The molecule has 162 valence electrons. The van der Waals surface area contributed by atoms with Crippen molar-refractivity contribution in [2.75, 3.05) is 11.9 Å². The van der Waals surface area contributed by atoms with Crippen LogP contribution in [0.15, 0.2) is 53.4 Å². The van der Waals surface area contributed by atoms with Gasteiger partial charge < -0.3 is 10.1 Å². The normalized spacial score (nSPS) is 11.9. The summed E-state index contributed by atoms with van der Waals surface area (Å²) in [5.41, 5.74) is 1.41. The Kier molecular flexibility index (Phi) is 7.39. The Labute approximate surface area is 177 Å². The number of hydrogen-bond acceptors (Lipinski definition) is 5. The van der Waals surface area contributed by atoms with E-state index in [-0.39, 0.29) is 10.8 Å². The lowest BCUT2D eigenvalue weighted by molar-refractivity contribution is -0.153. The molecule has 30 heavy (non-hydrogen) atoms. The van der Waals surface area contributed by atoms with E-state index in [1.165, 1.54) is 24.3 Å². The van der Waals surface area contributed by atoms with Crippen molar-refractivity contribution in [3.05, 3.63) is 59.7 Å². The molecule has 7 nitrogen and oxygen atoms in total. The first-order valence-electron chi connectivity index (χ1n) is 9.60. The summed E-state index contributed by atoms with van der Waals surface area (Å²) in [6, 6.07) is 13.0. The summed E-state index contributed by atoms with van der Waals surface area (Å²) < 4.78 is 32.0. The number of sulfonamides is 1. The van der Waals surface area contributed by atoms with Crippen LogP contribution in [0.25, 0.3) is 0 Å². The Bertz CT molecular complexity index is 989. The molecule has 2 aromatic carbocycles. The van der Waals surface area contributed by atoms with Crippen LogP contribution < -0.4 is 10.0 Å². The first-order valence-corrected chi connectivity index (χ1v) is 11.1. The topological polar surface area (TPSA) is 102 Å². The van der Waals surface area contributed by atoms with Crippen LogP contribution in [-0.4, -0.2) is 32.4 Å². The van der Waals surface area contributed by atoms with Crippen molar-refractivity contribution in [1.29, 1.82) is 0 Å². The predicted molar refractivity (Wildman–Crippen MR) is 116 cm³/mol. The number of nitrogens with one attached hydrogen (secondary N) is 2. The first-order chi connectivity index (χ1) is 13.9. The van der Waals surface area contributed by atoms with Crippen LogP contribution >= 0.6 is 0 Å². The van der Waals surface area contributed by atoms with Crippen molar-refractivity contribution in [2.45, 2.75) is 51.0 Å². The minimum absolute atomic E-state index is 0.0228. The second-order valence-electron chi connectivity index (χ2n) is 8.17. The van der Waals surface area contributed by atoms with Gasteiger partial charge in [-0.05, 0) is 68.7 Å². The van der Waals surface area contributed by atoms with Crippen LogP contribution in [0.4, 0.5) is 5.69 Å². The average Bonchev–Trinajstić information content (AvgIpc) is 2.65. The fourth-order valence-electron chi connectivity index (χ4n) is 2.55. The van der Waals surface area contributed by atoms with E-state index in [9.17, 15) is 18.0 Å². The first kappa shape index (κ1) is 23.6. The summed E-state index contributed by atoms with van der Waals surface area (Å²) >= 11 is 0.